The molecule has 13 heavy (non-hydrogen) atoms. The molecule has 1 aromatic heterocycles. The van der Waals surface area contributed by atoms with Crippen LogP contribution in [0.4, 0.5) is 0 Å². The molecule has 5 heteroatoms. The monoisotopic (exact) mass is 181 g/mol. The minimum atomic E-state index is -1.47. The Morgan fingerprint density at radius 3 is 2.69 bits per heavy atom. The summed E-state index contributed by atoms with van der Waals surface area (Å²) in [7, 11) is 0.0694. The van der Waals surface area contributed by atoms with Gasteiger partial charge in [-0.3, -0.25) is 0 Å². The van der Waals surface area contributed by atoms with Crippen molar-refractivity contribution in [1.82, 2.24) is 4.98 Å². The molecule has 0 saturated carbocycles. The first-order valence-electron chi connectivity index (χ1n) is 4.08. The quantitative estimate of drug-likeness (QED) is 0.607. The van der Waals surface area contributed by atoms with Crippen molar-refractivity contribution in [2.24, 2.45) is 0 Å². The lowest BCUT2D eigenvalue weighted by Crippen LogP contribution is -2.30. The van der Waals surface area contributed by atoms with Gasteiger partial charge in [0.15, 0.2) is 0 Å². The summed E-state index contributed by atoms with van der Waals surface area (Å²) >= 11 is 0. The normalized spacial score (nSPS) is 9.85. The third-order valence-corrected chi connectivity index (χ3v) is 1.82. The van der Waals surface area contributed by atoms with E-state index in [2.05, 4.69) is 4.98 Å². The Morgan fingerprint density at radius 1 is 1.54 bits per heavy atom. The molecule has 0 atom stereocenters. The van der Waals surface area contributed by atoms with E-state index in [9.17, 15) is 0 Å². The number of ether oxygens (including phenoxy) is 1. The molecule has 0 unspecified atom stereocenters. The highest BCUT2D eigenvalue weighted by molar-refractivity contribution is 6.58. The highest BCUT2D eigenvalue weighted by atomic mass is 16.5. The number of hydrogen-bond acceptors (Lipinski definition) is 4. The third-order valence-electron chi connectivity index (χ3n) is 1.82. The van der Waals surface area contributed by atoms with Gasteiger partial charge in [0.2, 0.25) is 5.88 Å². The van der Waals surface area contributed by atoms with E-state index in [4.69, 9.17) is 14.8 Å². The molecule has 1 aromatic rings. The van der Waals surface area contributed by atoms with Crippen LogP contribution in [0.1, 0.15) is 12.5 Å². The molecule has 0 aliphatic carbocycles. The molecule has 0 aromatic carbocycles. The summed E-state index contributed by atoms with van der Waals surface area (Å²) in [5, 5.41) is 17.8. The van der Waals surface area contributed by atoms with Crippen LogP contribution in [0.3, 0.4) is 0 Å². The van der Waals surface area contributed by atoms with Crippen LogP contribution in [0.2, 0.25) is 0 Å². The number of rotatable bonds is 3. The highest BCUT2D eigenvalue weighted by Crippen LogP contribution is 2.12. The molecule has 0 aliphatic rings. The number of aryl methyl sites for hydroxylation is 1. The van der Waals surface area contributed by atoms with Crippen molar-refractivity contribution >= 4 is 12.6 Å². The van der Waals surface area contributed by atoms with Gasteiger partial charge in [0.05, 0.1) is 7.11 Å². The molecule has 0 aliphatic heterocycles. The van der Waals surface area contributed by atoms with E-state index in [0.717, 1.165) is 12.0 Å². The van der Waals surface area contributed by atoms with Crippen LogP contribution in [0, 0.1) is 0 Å². The summed E-state index contributed by atoms with van der Waals surface area (Å²) in [4.78, 5) is 3.95. The topological polar surface area (TPSA) is 62.6 Å². The van der Waals surface area contributed by atoms with Gasteiger partial charge in [-0.25, -0.2) is 4.98 Å². The van der Waals surface area contributed by atoms with Crippen molar-refractivity contribution < 1.29 is 14.8 Å². The van der Waals surface area contributed by atoms with E-state index in [1.165, 1.54) is 13.3 Å². The first-order valence-corrected chi connectivity index (χ1v) is 4.08. The second-order valence-corrected chi connectivity index (χ2v) is 2.66. The molecule has 0 fully saturated rings. The molecule has 4 nitrogen and oxygen atoms in total. The van der Waals surface area contributed by atoms with Crippen LogP contribution < -0.4 is 10.2 Å². The summed E-state index contributed by atoms with van der Waals surface area (Å²) in [5.41, 5.74) is 1.26. The number of aromatic nitrogens is 1. The molecular weight excluding hydrogens is 169 g/mol. The van der Waals surface area contributed by atoms with Gasteiger partial charge in [-0.05, 0) is 6.42 Å². The number of hydrogen-bond donors (Lipinski definition) is 2. The number of methoxy groups -OCH3 is 1. The fourth-order valence-corrected chi connectivity index (χ4v) is 1.09. The van der Waals surface area contributed by atoms with Crippen LogP contribution >= 0.6 is 0 Å². The zero-order valence-electron chi connectivity index (χ0n) is 7.69. The Hall–Kier alpha value is -1.07. The van der Waals surface area contributed by atoms with Crippen molar-refractivity contribution in [2.45, 2.75) is 13.3 Å². The van der Waals surface area contributed by atoms with Gasteiger partial charge in [-0.2, -0.15) is 0 Å². The second-order valence-electron chi connectivity index (χ2n) is 2.66. The minimum Gasteiger partial charge on any atom is -0.481 e. The second kappa shape index (κ2) is 4.25. The Kier molecular flexibility index (Phi) is 3.28. The van der Waals surface area contributed by atoms with Crippen molar-refractivity contribution in [2.75, 3.05) is 7.11 Å². The molecule has 1 heterocycles. The smallest absolute Gasteiger partial charge is 0.481 e. The summed E-state index contributed by atoms with van der Waals surface area (Å²) in [6.45, 7) is 1.95. The van der Waals surface area contributed by atoms with Gasteiger partial charge in [-0.15, -0.1) is 0 Å². The lowest BCUT2D eigenvalue weighted by Gasteiger charge is -2.06. The SMILES string of the molecule is CCc1cc(B(O)O)cnc1OC. The average molecular weight is 181 g/mol. The molecular formula is C8H12BNO3. The maximum absolute atomic E-state index is 8.88. The maximum Gasteiger partial charge on any atom is 0.490 e. The first-order chi connectivity index (χ1) is 6.19. The minimum absolute atomic E-state index is 0.387. The molecule has 0 spiro atoms. The first kappa shape index (κ1) is 10.0. The zero-order chi connectivity index (χ0) is 9.84. The van der Waals surface area contributed by atoms with Crippen LogP contribution in [0.5, 0.6) is 5.88 Å². The van der Waals surface area contributed by atoms with E-state index >= 15 is 0 Å². The summed E-state index contributed by atoms with van der Waals surface area (Å²) in [6.07, 6.45) is 2.14. The zero-order valence-corrected chi connectivity index (χ0v) is 7.69. The fraction of sp³-hybridized carbons (Fsp3) is 0.375. The standard InChI is InChI=1S/C8H12BNO3/c1-3-6-4-7(9(11)12)5-10-8(6)13-2/h4-5,11-12H,3H2,1-2H3. The number of pyridine rings is 1. The van der Waals surface area contributed by atoms with Gasteiger partial charge in [-0.1, -0.05) is 13.0 Å². The van der Waals surface area contributed by atoms with Gasteiger partial charge in [0.25, 0.3) is 0 Å². The Labute approximate surface area is 77.3 Å². The van der Waals surface area contributed by atoms with Gasteiger partial charge < -0.3 is 14.8 Å². The molecule has 0 amide bonds. The maximum atomic E-state index is 8.88. The largest absolute Gasteiger partial charge is 0.490 e. The van der Waals surface area contributed by atoms with Crippen LogP contribution in [-0.2, 0) is 6.42 Å². The molecule has 70 valence electrons. The van der Waals surface area contributed by atoms with Gasteiger partial charge in [0, 0.05) is 17.2 Å². The van der Waals surface area contributed by atoms with Gasteiger partial charge >= 0.3 is 7.12 Å². The predicted molar refractivity (Wildman–Crippen MR) is 50.0 cm³/mol. The van der Waals surface area contributed by atoms with E-state index in [0.29, 0.717) is 11.3 Å². The summed E-state index contributed by atoms with van der Waals surface area (Å²) in [5.74, 6) is 0.534. The molecule has 1 rings (SSSR count). The van der Waals surface area contributed by atoms with Gasteiger partial charge in [0.1, 0.15) is 0 Å². The lowest BCUT2D eigenvalue weighted by molar-refractivity contribution is 0.392. The van der Waals surface area contributed by atoms with E-state index < -0.39 is 7.12 Å². The van der Waals surface area contributed by atoms with E-state index in [1.807, 2.05) is 6.92 Å². The Balaban J connectivity index is 3.05. The fourth-order valence-electron chi connectivity index (χ4n) is 1.09. The summed E-state index contributed by atoms with van der Waals surface area (Å²) < 4.78 is 5.00. The summed E-state index contributed by atoms with van der Waals surface area (Å²) in [6, 6.07) is 1.68. The van der Waals surface area contributed by atoms with Crippen LogP contribution in [-0.4, -0.2) is 29.3 Å². The Morgan fingerprint density at radius 2 is 2.23 bits per heavy atom. The molecule has 0 bridgehead atoms. The molecule has 0 radical (unpaired) electrons. The van der Waals surface area contributed by atoms with Crippen molar-refractivity contribution in [3.8, 4) is 5.88 Å². The van der Waals surface area contributed by atoms with E-state index in [1.54, 1.807) is 6.07 Å². The number of nitrogens with zero attached hydrogens (tertiary/aromatic N) is 1. The van der Waals surface area contributed by atoms with E-state index in [-0.39, 0.29) is 0 Å². The van der Waals surface area contributed by atoms with Crippen molar-refractivity contribution in [3.63, 3.8) is 0 Å². The van der Waals surface area contributed by atoms with Crippen molar-refractivity contribution in [1.29, 1.82) is 0 Å². The Bertz CT molecular complexity index is 291. The average Bonchev–Trinajstić information content (AvgIpc) is 2.16. The molecule has 0 saturated heterocycles. The lowest BCUT2D eigenvalue weighted by atomic mass is 9.81. The van der Waals surface area contributed by atoms with Crippen LogP contribution in [0.25, 0.3) is 0 Å². The third kappa shape index (κ3) is 2.20. The van der Waals surface area contributed by atoms with Crippen LogP contribution in [0.15, 0.2) is 12.3 Å². The predicted octanol–water partition coefficient (Wildman–Crippen LogP) is -0.668. The molecule has 2 N–H and O–H groups in total. The van der Waals surface area contributed by atoms with Crippen molar-refractivity contribution in [3.05, 3.63) is 17.8 Å². The highest BCUT2D eigenvalue weighted by Gasteiger charge is 2.13.